The summed E-state index contributed by atoms with van der Waals surface area (Å²) in [5.41, 5.74) is 2.85. The van der Waals surface area contributed by atoms with E-state index in [4.69, 9.17) is 0 Å². The number of pyridine rings is 2. The fraction of sp³-hybridized carbons (Fsp3) is 0.238. The zero-order valence-corrected chi connectivity index (χ0v) is 16.1. The molecular weight excluding hydrogens is 371 g/mol. The highest BCUT2D eigenvalue weighted by Crippen LogP contribution is 2.21. The predicted molar refractivity (Wildman–Crippen MR) is 109 cm³/mol. The van der Waals surface area contributed by atoms with Crippen LogP contribution in [-0.4, -0.2) is 36.5 Å². The van der Waals surface area contributed by atoms with Crippen LogP contribution in [0.3, 0.4) is 0 Å². The molecule has 1 atom stereocenters. The molecule has 0 spiro atoms. The average molecular weight is 390 g/mol. The molecule has 5 rings (SSSR count). The van der Waals surface area contributed by atoms with Crippen LogP contribution in [0.5, 0.6) is 0 Å². The fourth-order valence-electron chi connectivity index (χ4n) is 3.74. The van der Waals surface area contributed by atoms with Crippen LogP contribution in [0, 0.1) is 12.7 Å². The second-order valence-corrected chi connectivity index (χ2v) is 7.38. The molecule has 0 aromatic carbocycles. The minimum Gasteiger partial charge on any atom is -0.310 e. The molecule has 7 nitrogen and oxygen atoms in total. The molecular formula is C21H19FN6O. The third-order valence-electron chi connectivity index (χ3n) is 5.16. The summed E-state index contributed by atoms with van der Waals surface area (Å²) in [6, 6.07) is 3.48. The van der Waals surface area contributed by atoms with Gasteiger partial charge < -0.3 is 9.72 Å². The fourth-order valence-corrected chi connectivity index (χ4v) is 3.74. The van der Waals surface area contributed by atoms with Gasteiger partial charge in [-0.2, -0.15) is 0 Å². The number of halogens is 1. The van der Waals surface area contributed by atoms with E-state index in [0.717, 1.165) is 24.4 Å². The quantitative estimate of drug-likeness (QED) is 0.570. The molecule has 0 saturated heterocycles. The van der Waals surface area contributed by atoms with E-state index in [1.54, 1.807) is 33.6 Å². The Labute approximate surface area is 165 Å². The highest BCUT2D eigenvalue weighted by atomic mass is 19.1. The van der Waals surface area contributed by atoms with Gasteiger partial charge in [-0.05, 0) is 26.0 Å². The van der Waals surface area contributed by atoms with E-state index < -0.39 is 5.82 Å². The van der Waals surface area contributed by atoms with Crippen molar-refractivity contribution in [1.82, 2.24) is 29.2 Å². The second-order valence-electron chi connectivity index (χ2n) is 7.38. The molecule has 0 aliphatic carbocycles. The van der Waals surface area contributed by atoms with E-state index >= 15 is 0 Å². The van der Waals surface area contributed by atoms with Crippen LogP contribution in [0.4, 0.5) is 4.39 Å². The zero-order valence-electron chi connectivity index (χ0n) is 16.1. The Morgan fingerprint density at radius 1 is 1.28 bits per heavy atom. The average Bonchev–Trinajstić information content (AvgIpc) is 3.09. The number of hydrogen-bond donors (Lipinski definition) is 1. The van der Waals surface area contributed by atoms with Crippen molar-refractivity contribution in [2.75, 3.05) is 6.54 Å². The molecule has 1 aliphatic heterocycles. The smallest absolute Gasteiger partial charge is 0.265 e. The number of aryl methyl sites for hydroxylation is 1. The van der Waals surface area contributed by atoms with Gasteiger partial charge in [-0.25, -0.2) is 19.3 Å². The maximum absolute atomic E-state index is 14.4. The molecule has 0 saturated carbocycles. The molecule has 0 amide bonds. The van der Waals surface area contributed by atoms with Crippen molar-refractivity contribution >= 4 is 22.2 Å². The number of hydrogen-bond acceptors (Lipinski definition) is 5. The maximum Gasteiger partial charge on any atom is 0.265 e. The van der Waals surface area contributed by atoms with E-state index in [0.29, 0.717) is 28.3 Å². The molecule has 0 fully saturated rings. The van der Waals surface area contributed by atoms with E-state index in [-0.39, 0.29) is 11.2 Å². The largest absolute Gasteiger partial charge is 0.310 e. The summed E-state index contributed by atoms with van der Waals surface area (Å²) < 4.78 is 17.7. The standard InChI is InChI=1S/C21H19FN6O/c1-12-7-15(3-5-23-12)28-6-4-18-16(21(28)29)9-24-19(26-18)14-8-17(22)20-25-13(2)10-27(20)11-14/h3-4,6,8-12,23H,5,7H2,1-2H3/t12-/m1/s1. The molecule has 0 bridgehead atoms. The Balaban J connectivity index is 1.60. The van der Waals surface area contributed by atoms with Gasteiger partial charge in [-0.1, -0.05) is 6.08 Å². The van der Waals surface area contributed by atoms with Gasteiger partial charge >= 0.3 is 0 Å². The van der Waals surface area contributed by atoms with Crippen LogP contribution in [0.25, 0.3) is 33.6 Å². The Kier molecular flexibility index (Phi) is 4.02. The first kappa shape index (κ1) is 17.7. The summed E-state index contributed by atoms with van der Waals surface area (Å²) >= 11 is 0. The Bertz CT molecular complexity index is 1350. The van der Waals surface area contributed by atoms with E-state index in [9.17, 15) is 9.18 Å². The molecule has 4 aromatic heterocycles. The van der Waals surface area contributed by atoms with Gasteiger partial charge in [0, 0.05) is 55.1 Å². The molecule has 8 heteroatoms. The van der Waals surface area contributed by atoms with Gasteiger partial charge in [0.1, 0.15) is 0 Å². The lowest BCUT2D eigenvalue weighted by molar-refractivity contribution is 0.566. The van der Waals surface area contributed by atoms with Crippen LogP contribution in [0.15, 0.2) is 47.8 Å². The lowest BCUT2D eigenvalue weighted by Gasteiger charge is -2.22. The number of nitrogens with one attached hydrogen (secondary N) is 1. The third-order valence-corrected chi connectivity index (χ3v) is 5.16. The van der Waals surface area contributed by atoms with Crippen LogP contribution < -0.4 is 10.9 Å². The number of rotatable bonds is 2. The minimum atomic E-state index is -0.443. The molecule has 0 unspecified atom stereocenters. The monoisotopic (exact) mass is 390 g/mol. The lowest BCUT2D eigenvalue weighted by atomic mass is 10.1. The van der Waals surface area contributed by atoms with Crippen molar-refractivity contribution in [2.24, 2.45) is 0 Å². The summed E-state index contributed by atoms with van der Waals surface area (Å²) in [7, 11) is 0. The number of fused-ring (bicyclic) bond motifs is 2. The van der Waals surface area contributed by atoms with Gasteiger partial charge in [0.15, 0.2) is 17.3 Å². The third kappa shape index (κ3) is 3.01. The maximum atomic E-state index is 14.4. The predicted octanol–water partition coefficient (Wildman–Crippen LogP) is 2.78. The molecule has 1 aliphatic rings. The summed E-state index contributed by atoms with van der Waals surface area (Å²) in [5, 5.41) is 3.76. The summed E-state index contributed by atoms with van der Waals surface area (Å²) in [4.78, 5) is 26.0. The van der Waals surface area contributed by atoms with Gasteiger partial charge in [0.25, 0.3) is 5.56 Å². The van der Waals surface area contributed by atoms with E-state index in [1.807, 2.05) is 13.0 Å². The molecule has 4 aromatic rings. The highest BCUT2D eigenvalue weighted by Gasteiger charge is 2.16. The van der Waals surface area contributed by atoms with Crippen molar-refractivity contribution < 1.29 is 4.39 Å². The number of aromatic nitrogens is 5. The Morgan fingerprint density at radius 2 is 2.14 bits per heavy atom. The van der Waals surface area contributed by atoms with E-state index in [2.05, 4.69) is 27.2 Å². The Morgan fingerprint density at radius 3 is 2.97 bits per heavy atom. The molecule has 146 valence electrons. The second kappa shape index (κ2) is 6.59. The summed E-state index contributed by atoms with van der Waals surface area (Å²) in [6.45, 7) is 4.63. The molecule has 5 heterocycles. The van der Waals surface area contributed by atoms with Crippen molar-refractivity contribution in [3.63, 3.8) is 0 Å². The van der Waals surface area contributed by atoms with E-state index in [1.165, 1.54) is 12.3 Å². The minimum absolute atomic E-state index is 0.152. The van der Waals surface area contributed by atoms with Crippen LogP contribution in [-0.2, 0) is 0 Å². The van der Waals surface area contributed by atoms with Crippen molar-refractivity contribution in [1.29, 1.82) is 0 Å². The normalized spacial score (nSPS) is 17.1. The SMILES string of the molecule is Cc1cn2cc(-c3ncc4c(=O)n(C5=CCN[C@H](C)C5)ccc4n3)cc(F)c2n1. The topological polar surface area (TPSA) is 77.1 Å². The van der Waals surface area contributed by atoms with Gasteiger partial charge in [0.2, 0.25) is 0 Å². The molecule has 29 heavy (non-hydrogen) atoms. The Hall–Kier alpha value is -3.39. The van der Waals surface area contributed by atoms with Crippen LogP contribution >= 0.6 is 0 Å². The first-order valence-corrected chi connectivity index (χ1v) is 9.46. The van der Waals surface area contributed by atoms with Gasteiger partial charge in [-0.3, -0.25) is 9.36 Å². The molecule has 0 radical (unpaired) electrons. The summed E-state index contributed by atoms with van der Waals surface area (Å²) in [5.74, 6) is -0.0850. The number of imidazole rings is 1. The van der Waals surface area contributed by atoms with Crippen LogP contribution in [0.1, 0.15) is 19.0 Å². The van der Waals surface area contributed by atoms with Crippen molar-refractivity contribution in [3.8, 4) is 11.4 Å². The van der Waals surface area contributed by atoms with Gasteiger partial charge in [-0.15, -0.1) is 0 Å². The number of nitrogens with zero attached hydrogens (tertiary/aromatic N) is 5. The molecule has 1 N–H and O–H groups in total. The van der Waals surface area contributed by atoms with Crippen molar-refractivity contribution in [3.05, 3.63) is 64.9 Å². The summed E-state index contributed by atoms with van der Waals surface area (Å²) in [6.07, 6.45) is 9.54. The highest BCUT2D eigenvalue weighted by molar-refractivity contribution is 5.79. The first-order valence-electron chi connectivity index (χ1n) is 9.46. The zero-order chi connectivity index (χ0) is 20.1. The van der Waals surface area contributed by atoms with Crippen LogP contribution in [0.2, 0.25) is 0 Å². The van der Waals surface area contributed by atoms with Crippen molar-refractivity contribution in [2.45, 2.75) is 26.3 Å². The first-order chi connectivity index (χ1) is 14.0. The lowest BCUT2D eigenvalue weighted by Crippen LogP contribution is -2.33. The van der Waals surface area contributed by atoms with Gasteiger partial charge in [0.05, 0.1) is 16.6 Å².